The predicted octanol–water partition coefficient (Wildman–Crippen LogP) is 2.84. The minimum atomic E-state index is -4.19. The number of nitrogens with one attached hydrogen (secondary N) is 1. The monoisotopic (exact) mass is 247 g/mol. The van der Waals surface area contributed by atoms with E-state index in [9.17, 15) is 13.2 Å². The van der Waals surface area contributed by atoms with E-state index in [2.05, 4.69) is 15.3 Å². The summed E-state index contributed by atoms with van der Waals surface area (Å²) >= 11 is 1.04. The van der Waals surface area contributed by atoms with Crippen LogP contribution >= 0.6 is 11.3 Å². The van der Waals surface area contributed by atoms with Gasteiger partial charge in [-0.1, -0.05) is 0 Å². The molecule has 0 aromatic carbocycles. The molecule has 0 aliphatic heterocycles. The van der Waals surface area contributed by atoms with E-state index in [0.29, 0.717) is 16.0 Å². The number of hydrogen-bond acceptors (Lipinski definition) is 4. The van der Waals surface area contributed by atoms with Crippen molar-refractivity contribution < 1.29 is 13.2 Å². The van der Waals surface area contributed by atoms with Crippen molar-refractivity contribution in [2.24, 2.45) is 0 Å². The van der Waals surface area contributed by atoms with Crippen molar-refractivity contribution in [1.82, 2.24) is 9.97 Å². The van der Waals surface area contributed by atoms with Gasteiger partial charge >= 0.3 is 6.18 Å². The molecule has 2 aromatic rings. The van der Waals surface area contributed by atoms with Gasteiger partial charge in [-0.2, -0.15) is 13.2 Å². The van der Waals surface area contributed by atoms with Crippen LogP contribution in [0.25, 0.3) is 10.2 Å². The van der Waals surface area contributed by atoms with E-state index in [1.807, 2.05) is 0 Å². The molecule has 7 heteroatoms. The second-order valence-electron chi connectivity index (χ2n) is 3.20. The van der Waals surface area contributed by atoms with Crippen molar-refractivity contribution in [2.75, 3.05) is 12.4 Å². The zero-order valence-corrected chi connectivity index (χ0v) is 9.11. The van der Waals surface area contributed by atoms with Crippen LogP contribution in [0.2, 0.25) is 0 Å². The number of aromatic nitrogens is 2. The Kier molecular flexibility index (Phi) is 2.71. The van der Waals surface area contributed by atoms with Crippen molar-refractivity contribution in [1.29, 1.82) is 0 Å². The first-order valence-electron chi connectivity index (χ1n) is 4.47. The van der Waals surface area contributed by atoms with Gasteiger partial charge in [-0.05, 0) is 6.07 Å². The highest BCUT2D eigenvalue weighted by Crippen LogP contribution is 2.32. The fourth-order valence-electron chi connectivity index (χ4n) is 1.39. The van der Waals surface area contributed by atoms with Crippen LogP contribution in [0.3, 0.4) is 0 Å². The van der Waals surface area contributed by atoms with E-state index in [4.69, 9.17) is 0 Å². The van der Waals surface area contributed by atoms with E-state index in [1.54, 1.807) is 7.05 Å². The number of thiophene rings is 1. The van der Waals surface area contributed by atoms with Crippen LogP contribution in [0.5, 0.6) is 0 Å². The minimum absolute atomic E-state index is 0.250. The molecule has 0 spiro atoms. The van der Waals surface area contributed by atoms with E-state index < -0.39 is 12.6 Å². The van der Waals surface area contributed by atoms with Crippen molar-refractivity contribution >= 4 is 27.4 Å². The first-order valence-corrected chi connectivity index (χ1v) is 5.29. The topological polar surface area (TPSA) is 37.8 Å². The second kappa shape index (κ2) is 3.89. The van der Waals surface area contributed by atoms with Crippen LogP contribution in [0.4, 0.5) is 19.0 Å². The first kappa shape index (κ1) is 11.1. The summed E-state index contributed by atoms with van der Waals surface area (Å²) < 4.78 is 36.6. The third kappa shape index (κ3) is 2.24. The third-order valence-corrected chi connectivity index (χ3v) is 3.03. The Morgan fingerprint density at radius 3 is 2.75 bits per heavy atom. The van der Waals surface area contributed by atoms with Crippen LogP contribution < -0.4 is 5.32 Å². The number of halogens is 3. The normalized spacial score (nSPS) is 12.0. The van der Waals surface area contributed by atoms with Crippen LogP contribution in [0.15, 0.2) is 12.4 Å². The molecule has 0 saturated carbocycles. The van der Waals surface area contributed by atoms with E-state index in [0.717, 1.165) is 11.3 Å². The Balaban J connectivity index is 2.44. The number of alkyl halides is 3. The summed E-state index contributed by atoms with van der Waals surface area (Å²) in [7, 11) is 1.67. The minimum Gasteiger partial charge on any atom is -0.373 e. The Morgan fingerprint density at radius 1 is 1.38 bits per heavy atom. The second-order valence-corrected chi connectivity index (χ2v) is 4.31. The van der Waals surface area contributed by atoms with E-state index >= 15 is 0 Å². The van der Waals surface area contributed by atoms with Gasteiger partial charge < -0.3 is 5.32 Å². The van der Waals surface area contributed by atoms with Gasteiger partial charge in [-0.3, -0.25) is 0 Å². The average molecular weight is 247 g/mol. The maximum absolute atomic E-state index is 12.2. The van der Waals surface area contributed by atoms with Crippen LogP contribution in [-0.4, -0.2) is 23.2 Å². The van der Waals surface area contributed by atoms with Gasteiger partial charge in [0.15, 0.2) is 0 Å². The van der Waals surface area contributed by atoms with Gasteiger partial charge in [0.25, 0.3) is 0 Å². The van der Waals surface area contributed by atoms with Gasteiger partial charge in [-0.25, -0.2) is 9.97 Å². The summed E-state index contributed by atoms with van der Waals surface area (Å²) in [5.41, 5.74) is 0. The molecule has 0 aliphatic carbocycles. The zero-order chi connectivity index (χ0) is 11.8. The molecule has 1 N–H and O–H groups in total. The van der Waals surface area contributed by atoms with E-state index in [-0.39, 0.29) is 4.88 Å². The molecule has 0 atom stereocenters. The Bertz CT molecular complexity index is 506. The molecular formula is C9H8F3N3S. The highest BCUT2D eigenvalue weighted by Gasteiger charge is 2.28. The van der Waals surface area contributed by atoms with Crippen LogP contribution in [-0.2, 0) is 6.42 Å². The molecule has 0 bridgehead atoms. The number of fused-ring (bicyclic) bond motifs is 1. The highest BCUT2D eigenvalue weighted by molar-refractivity contribution is 7.18. The van der Waals surface area contributed by atoms with Gasteiger partial charge in [0.1, 0.15) is 17.0 Å². The maximum Gasteiger partial charge on any atom is 0.393 e. The van der Waals surface area contributed by atoms with Crippen LogP contribution in [0.1, 0.15) is 4.88 Å². The van der Waals surface area contributed by atoms with Gasteiger partial charge in [0, 0.05) is 11.9 Å². The molecule has 2 aromatic heterocycles. The lowest BCUT2D eigenvalue weighted by atomic mass is 10.3. The number of hydrogen-bond donors (Lipinski definition) is 1. The molecule has 2 heterocycles. The lowest BCUT2D eigenvalue weighted by Crippen LogP contribution is -2.09. The molecule has 0 fully saturated rings. The van der Waals surface area contributed by atoms with Crippen molar-refractivity contribution in [3.8, 4) is 0 Å². The molecule has 0 radical (unpaired) electrons. The maximum atomic E-state index is 12.2. The zero-order valence-electron chi connectivity index (χ0n) is 8.30. The van der Waals surface area contributed by atoms with E-state index in [1.165, 1.54) is 12.4 Å². The van der Waals surface area contributed by atoms with Gasteiger partial charge in [-0.15, -0.1) is 11.3 Å². The number of nitrogens with zero attached hydrogens (tertiary/aromatic N) is 2. The summed E-state index contributed by atoms with van der Waals surface area (Å²) in [5, 5.41) is 3.45. The number of rotatable bonds is 2. The van der Waals surface area contributed by atoms with Crippen LogP contribution in [0, 0.1) is 0 Å². The molecule has 2 rings (SSSR count). The molecular weight excluding hydrogens is 239 g/mol. The number of anilines is 1. The predicted molar refractivity (Wildman–Crippen MR) is 56.7 cm³/mol. The summed E-state index contributed by atoms with van der Waals surface area (Å²) in [5.74, 6) is 0.551. The molecule has 86 valence electrons. The largest absolute Gasteiger partial charge is 0.393 e. The molecule has 0 unspecified atom stereocenters. The summed E-state index contributed by atoms with van der Waals surface area (Å²) in [6.07, 6.45) is -3.77. The fourth-order valence-corrected chi connectivity index (χ4v) is 2.42. The van der Waals surface area contributed by atoms with Crippen molar-refractivity contribution in [3.05, 3.63) is 17.3 Å². The summed E-state index contributed by atoms with van der Waals surface area (Å²) in [6.45, 7) is 0. The summed E-state index contributed by atoms with van der Waals surface area (Å²) in [4.78, 5) is 8.70. The molecule has 16 heavy (non-hydrogen) atoms. The molecule has 0 aliphatic rings. The standard InChI is InChI=1S/C9H8F3N3S/c1-13-7-6-2-5(3-9(10,11)12)16-8(6)15-4-14-7/h2,4H,3H2,1H3,(H,13,14,15). The van der Waals surface area contributed by atoms with Crippen molar-refractivity contribution in [2.45, 2.75) is 12.6 Å². The molecule has 0 amide bonds. The Morgan fingerprint density at radius 2 is 2.12 bits per heavy atom. The third-order valence-electron chi connectivity index (χ3n) is 1.99. The first-order chi connectivity index (χ1) is 7.49. The Hall–Kier alpha value is -1.37. The van der Waals surface area contributed by atoms with Gasteiger partial charge in [0.2, 0.25) is 0 Å². The average Bonchev–Trinajstić information content (AvgIpc) is 2.56. The fraction of sp³-hybridized carbons (Fsp3) is 0.333. The SMILES string of the molecule is CNc1ncnc2sc(CC(F)(F)F)cc12. The van der Waals surface area contributed by atoms with Gasteiger partial charge in [0.05, 0.1) is 11.8 Å². The van der Waals surface area contributed by atoms with Crippen molar-refractivity contribution in [3.63, 3.8) is 0 Å². The molecule has 3 nitrogen and oxygen atoms in total. The summed E-state index contributed by atoms with van der Waals surface area (Å²) in [6, 6.07) is 1.49. The lowest BCUT2D eigenvalue weighted by molar-refractivity contribution is -0.126. The highest BCUT2D eigenvalue weighted by atomic mass is 32.1. The Labute approximate surface area is 93.3 Å². The quantitative estimate of drug-likeness (QED) is 0.886. The molecule has 0 saturated heterocycles. The lowest BCUT2D eigenvalue weighted by Gasteiger charge is -2.01. The smallest absolute Gasteiger partial charge is 0.373 e.